The third-order valence-electron chi connectivity index (χ3n) is 5.01. The number of rotatable bonds is 6. The van der Waals surface area contributed by atoms with E-state index in [1.165, 1.54) is 21.1 Å². The number of hydrogen-bond acceptors (Lipinski definition) is 5. The second-order valence-corrected chi connectivity index (χ2v) is 7.45. The Morgan fingerprint density at radius 3 is 2.34 bits per heavy atom. The van der Waals surface area contributed by atoms with Crippen molar-refractivity contribution in [2.75, 3.05) is 34.4 Å². The second-order valence-electron chi connectivity index (χ2n) is 7.45. The summed E-state index contributed by atoms with van der Waals surface area (Å²) in [5.74, 6) is -3.59. The number of amides is 3. The van der Waals surface area contributed by atoms with Crippen molar-refractivity contribution in [3.63, 3.8) is 0 Å². The lowest BCUT2D eigenvalue weighted by Gasteiger charge is -2.35. The van der Waals surface area contributed by atoms with E-state index < -0.39 is 59.1 Å². The lowest BCUT2D eigenvalue weighted by Crippen LogP contribution is -2.57. The third kappa shape index (κ3) is 6.31. The summed E-state index contributed by atoms with van der Waals surface area (Å²) < 4.78 is 64.2. The van der Waals surface area contributed by atoms with Crippen molar-refractivity contribution in [1.82, 2.24) is 15.5 Å². The van der Waals surface area contributed by atoms with E-state index in [0.717, 1.165) is 4.90 Å². The summed E-state index contributed by atoms with van der Waals surface area (Å²) in [5.41, 5.74) is -2.35. The minimum Gasteiger partial charge on any atom is -0.443 e. The van der Waals surface area contributed by atoms with Crippen molar-refractivity contribution in [1.29, 1.82) is 0 Å². The number of hydrogen-bond donors (Lipinski definition) is 2. The maximum Gasteiger partial charge on any atom is 0.417 e. The Morgan fingerprint density at radius 2 is 1.81 bits per heavy atom. The number of carbonyl (C=O) groups excluding carboxylic acids is 3. The zero-order chi connectivity index (χ0) is 24.1. The topological polar surface area (TPSA) is 97.0 Å². The second kappa shape index (κ2) is 10.6. The number of likely N-dealkylation sites (N-methyl/N-ethyl adjacent to an activating group) is 1. The molecule has 12 heteroatoms. The molecule has 2 rings (SSSR count). The van der Waals surface area contributed by atoms with Crippen LogP contribution in [0.2, 0.25) is 0 Å². The molecule has 178 valence electrons. The van der Waals surface area contributed by atoms with Crippen molar-refractivity contribution < 1.29 is 41.4 Å². The van der Waals surface area contributed by atoms with E-state index in [1.54, 1.807) is 0 Å². The van der Waals surface area contributed by atoms with Gasteiger partial charge in [0.05, 0.1) is 11.1 Å². The Balaban J connectivity index is 2.41. The molecule has 1 heterocycles. The van der Waals surface area contributed by atoms with Gasteiger partial charge in [0.2, 0.25) is 5.91 Å². The quantitative estimate of drug-likeness (QED) is 0.631. The molecule has 1 aromatic carbocycles. The smallest absolute Gasteiger partial charge is 0.417 e. The number of alkyl halides is 3. The highest BCUT2D eigenvalue weighted by molar-refractivity contribution is 5.99. The molecule has 0 aliphatic carbocycles. The Labute approximate surface area is 182 Å². The summed E-state index contributed by atoms with van der Waals surface area (Å²) in [6, 6.07) is 0.0991. The fraction of sp³-hybridized carbons (Fsp3) is 0.550. The first kappa shape index (κ1) is 25.4. The molecule has 0 radical (unpaired) electrons. The van der Waals surface area contributed by atoms with E-state index in [1.807, 2.05) is 0 Å². The van der Waals surface area contributed by atoms with E-state index in [9.17, 15) is 31.9 Å². The van der Waals surface area contributed by atoms with Crippen LogP contribution in [-0.4, -0.2) is 69.3 Å². The highest BCUT2D eigenvalue weighted by atomic mass is 19.4. The van der Waals surface area contributed by atoms with Gasteiger partial charge >= 0.3 is 12.3 Å². The maximum absolute atomic E-state index is 13.4. The van der Waals surface area contributed by atoms with Gasteiger partial charge in [0.1, 0.15) is 18.0 Å². The molecule has 1 aromatic rings. The van der Waals surface area contributed by atoms with Gasteiger partial charge in [-0.1, -0.05) is 0 Å². The first-order valence-electron chi connectivity index (χ1n) is 9.80. The van der Waals surface area contributed by atoms with Crippen LogP contribution in [0.4, 0.5) is 22.4 Å². The van der Waals surface area contributed by atoms with Crippen LogP contribution in [0.3, 0.4) is 0 Å². The minimum absolute atomic E-state index is 0.200. The Hall–Kier alpha value is -2.89. The van der Waals surface area contributed by atoms with Gasteiger partial charge in [-0.2, -0.15) is 13.2 Å². The van der Waals surface area contributed by atoms with E-state index >= 15 is 0 Å². The van der Waals surface area contributed by atoms with E-state index in [-0.39, 0.29) is 6.07 Å². The molecule has 32 heavy (non-hydrogen) atoms. The van der Waals surface area contributed by atoms with Gasteiger partial charge in [0.15, 0.2) is 0 Å². The van der Waals surface area contributed by atoms with Gasteiger partial charge in [-0.25, -0.2) is 9.18 Å². The highest BCUT2D eigenvalue weighted by Gasteiger charge is 2.41. The molecule has 2 N–H and O–H groups in total. The number of carbonyl (C=O) groups is 3. The SMILES string of the molecule is CNC(=O)C(NC(=O)c1ccc(F)cc1C(F)(F)F)C(OC(=O)N(C)C)C1CCOCC1. The molecule has 0 spiro atoms. The molecule has 1 saturated heterocycles. The van der Waals surface area contributed by atoms with E-state index in [4.69, 9.17) is 9.47 Å². The van der Waals surface area contributed by atoms with Crippen LogP contribution in [0.5, 0.6) is 0 Å². The summed E-state index contributed by atoms with van der Waals surface area (Å²) in [4.78, 5) is 38.7. The molecule has 2 unspecified atom stereocenters. The van der Waals surface area contributed by atoms with Gasteiger partial charge in [0, 0.05) is 40.3 Å². The van der Waals surface area contributed by atoms with Crippen molar-refractivity contribution in [3.8, 4) is 0 Å². The summed E-state index contributed by atoms with van der Waals surface area (Å²) in [7, 11) is 4.12. The normalized spacial score (nSPS) is 16.6. The largest absolute Gasteiger partial charge is 0.443 e. The zero-order valence-corrected chi connectivity index (χ0v) is 17.8. The summed E-state index contributed by atoms with van der Waals surface area (Å²) >= 11 is 0. The number of benzene rings is 1. The van der Waals surface area contributed by atoms with Crippen LogP contribution in [0.1, 0.15) is 28.8 Å². The summed E-state index contributed by atoms with van der Waals surface area (Å²) in [6.45, 7) is 0.649. The Bertz CT molecular complexity index is 841. The lowest BCUT2D eigenvalue weighted by molar-refractivity contribution is -0.138. The fourth-order valence-corrected chi connectivity index (χ4v) is 3.32. The molecule has 0 bridgehead atoms. The van der Waals surface area contributed by atoms with Crippen LogP contribution < -0.4 is 10.6 Å². The zero-order valence-electron chi connectivity index (χ0n) is 17.8. The standard InChI is InChI=1S/C20H25F4N3O5/c1-25-18(29)15(16(32-19(30)27(2)3)11-6-8-31-9-7-11)26-17(28)13-5-4-12(21)10-14(13)20(22,23)24/h4-5,10-11,15-16H,6-9H2,1-3H3,(H,25,29)(H,26,28). The third-order valence-corrected chi connectivity index (χ3v) is 5.01. The molecular formula is C20H25F4N3O5. The monoisotopic (exact) mass is 463 g/mol. The first-order valence-corrected chi connectivity index (χ1v) is 9.80. The molecule has 1 fully saturated rings. The van der Waals surface area contributed by atoms with Crippen LogP contribution >= 0.6 is 0 Å². The molecule has 8 nitrogen and oxygen atoms in total. The lowest BCUT2D eigenvalue weighted by atomic mass is 9.88. The average Bonchev–Trinajstić information content (AvgIpc) is 2.75. The summed E-state index contributed by atoms with van der Waals surface area (Å²) in [6.07, 6.45) is -6.16. The molecule has 0 aromatic heterocycles. The van der Waals surface area contributed by atoms with Crippen molar-refractivity contribution >= 4 is 17.9 Å². The molecule has 0 saturated carbocycles. The minimum atomic E-state index is -5.01. The predicted molar refractivity (Wildman–Crippen MR) is 104 cm³/mol. The molecule has 2 atom stereocenters. The maximum atomic E-state index is 13.4. The average molecular weight is 463 g/mol. The van der Waals surface area contributed by atoms with Gasteiger partial charge in [-0.3, -0.25) is 9.59 Å². The summed E-state index contributed by atoms with van der Waals surface area (Å²) in [5, 5.41) is 4.57. The van der Waals surface area contributed by atoms with Gasteiger partial charge in [-0.15, -0.1) is 0 Å². The van der Waals surface area contributed by atoms with Crippen LogP contribution in [-0.2, 0) is 20.4 Å². The van der Waals surface area contributed by atoms with Gasteiger partial charge in [-0.05, 0) is 31.0 Å². The van der Waals surface area contributed by atoms with Gasteiger partial charge < -0.3 is 25.0 Å². The van der Waals surface area contributed by atoms with E-state index in [0.29, 0.717) is 38.2 Å². The highest BCUT2D eigenvalue weighted by Crippen LogP contribution is 2.33. The number of nitrogens with zero attached hydrogens (tertiary/aromatic N) is 1. The molecule has 1 aliphatic rings. The number of nitrogens with one attached hydrogen (secondary N) is 2. The van der Waals surface area contributed by atoms with Crippen molar-refractivity contribution in [3.05, 3.63) is 35.1 Å². The van der Waals surface area contributed by atoms with Crippen LogP contribution in [0, 0.1) is 11.7 Å². The predicted octanol–water partition coefficient (Wildman–Crippen LogP) is 2.18. The Morgan fingerprint density at radius 1 is 1.19 bits per heavy atom. The number of ether oxygens (including phenoxy) is 2. The fourth-order valence-electron chi connectivity index (χ4n) is 3.32. The van der Waals surface area contributed by atoms with Crippen LogP contribution in [0.15, 0.2) is 18.2 Å². The van der Waals surface area contributed by atoms with Gasteiger partial charge in [0.25, 0.3) is 5.91 Å². The molecule has 3 amide bonds. The van der Waals surface area contributed by atoms with Crippen LogP contribution in [0.25, 0.3) is 0 Å². The van der Waals surface area contributed by atoms with E-state index in [2.05, 4.69) is 10.6 Å². The first-order chi connectivity index (χ1) is 15.0. The van der Waals surface area contributed by atoms with Crippen molar-refractivity contribution in [2.45, 2.75) is 31.2 Å². The Kier molecular flexibility index (Phi) is 8.42. The molecule has 1 aliphatic heterocycles. The number of halogens is 4. The molecular weight excluding hydrogens is 438 g/mol. The van der Waals surface area contributed by atoms with Crippen molar-refractivity contribution in [2.24, 2.45) is 5.92 Å².